The van der Waals surface area contributed by atoms with Crippen LogP contribution in [0.15, 0.2) is 53.4 Å². The molecule has 2 aromatic carbocycles. The fraction of sp³-hybridized carbons (Fsp3) is 0.250. The first-order valence-corrected chi connectivity index (χ1v) is 9.60. The van der Waals surface area contributed by atoms with Crippen molar-refractivity contribution >= 4 is 46.6 Å². The van der Waals surface area contributed by atoms with E-state index in [0.717, 1.165) is 16.3 Å². The molecule has 0 saturated heterocycles. The standard InChI is InChI=1S/C20H21N3O4S/c1-23(2)14-9-7-13(8-10-14)21-18(24)12-27-19(25)11-17-20(26)22-15-5-3-4-6-16(15)28-17/h3-10,17H,11-12H2,1-2H3,(H,21,24)(H,22,26)/t17-/m0/s1. The minimum atomic E-state index is -0.592. The Morgan fingerprint density at radius 2 is 1.86 bits per heavy atom. The summed E-state index contributed by atoms with van der Waals surface area (Å²) in [5.41, 5.74) is 2.36. The lowest BCUT2D eigenvalue weighted by Crippen LogP contribution is -2.32. The SMILES string of the molecule is CN(C)c1ccc(NC(=O)COC(=O)C[C@@H]2Sc3ccccc3NC2=O)cc1. The number of carbonyl (C=O) groups is 3. The Labute approximate surface area is 167 Å². The number of fused-ring (bicyclic) bond motifs is 1. The van der Waals surface area contributed by atoms with E-state index in [1.807, 2.05) is 55.4 Å². The van der Waals surface area contributed by atoms with Gasteiger partial charge in [-0.2, -0.15) is 0 Å². The van der Waals surface area contributed by atoms with Crippen molar-refractivity contribution in [2.24, 2.45) is 0 Å². The smallest absolute Gasteiger partial charge is 0.307 e. The van der Waals surface area contributed by atoms with Crippen LogP contribution in [0.3, 0.4) is 0 Å². The van der Waals surface area contributed by atoms with Crippen LogP contribution in [0.25, 0.3) is 0 Å². The number of carbonyl (C=O) groups excluding carboxylic acids is 3. The molecule has 0 aromatic heterocycles. The molecule has 0 saturated carbocycles. The Hall–Kier alpha value is -3.00. The molecule has 7 nitrogen and oxygen atoms in total. The number of para-hydroxylation sites is 1. The molecule has 1 aliphatic heterocycles. The molecule has 0 bridgehead atoms. The number of benzene rings is 2. The van der Waals surface area contributed by atoms with E-state index < -0.39 is 23.7 Å². The summed E-state index contributed by atoms with van der Waals surface area (Å²) in [5.74, 6) is -1.27. The number of ether oxygens (including phenoxy) is 1. The van der Waals surface area contributed by atoms with E-state index in [9.17, 15) is 14.4 Å². The first-order valence-electron chi connectivity index (χ1n) is 8.72. The van der Waals surface area contributed by atoms with Gasteiger partial charge in [0.2, 0.25) is 5.91 Å². The third-order valence-electron chi connectivity index (χ3n) is 4.09. The van der Waals surface area contributed by atoms with Crippen LogP contribution in [0.4, 0.5) is 17.1 Å². The van der Waals surface area contributed by atoms with Crippen LogP contribution in [0.1, 0.15) is 6.42 Å². The summed E-state index contributed by atoms with van der Waals surface area (Å²) in [7, 11) is 3.85. The number of hydrogen-bond donors (Lipinski definition) is 2. The number of nitrogens with one attached hydrogen (secondary N) is 2. The second-order valence-electron chi connectivity index (χ2n) is 6.45. The van der Waals surface area contributed by atoms with Gasteiger partial charge in [0.15, 0.2) is 6.61 Å². The van der Waals surface area contributed by atoms with Gasteiger partial charge in [-0.15, -0.1) is 11.8 Å². The molecule has 3 rings (SSSR count). The zero-order valence-corrected chi connectivity index (χ0v) is 16.4. The quantitative estimate of drug-likeness (QED) is 0.727. The molecule has 2 aromatic rings. The lowest BCUT2D eigenvalue weighted by atomic mass is 10.2. The van der Waals surface area contributed by atoms with E-state index in [0.29, 0.717) is 5.69 Å². The second kappa shape index (κ2) is 8.79. The van der Waals surface area contributed by atoms with E-state index >= 15 is 0 Å². The first-order chi connectivity index (χ1) is 13.4. The number of esters is 1. The first kappa shape index (κ1) is 19.8. The molecule has 8 heteroatoms. The van der Waals surface area contributed by atoms with Gasteiger partial charge >= 0.3 is 5.97 Å². The minimum absolute atomic E-state index is 0.102. The maximum absolute atomic E-state index is 12.1. The fourth-order valence-corrected chi connectivity index (χ4v) is 3.72. The largest absolute Gasteiger partial charge is 0.456 e. The van der Waals surface area contributed by atoms with Crippen LogP contribution >= 0.6 is 11.8 Å². The van der Waals surface area contributed by atoms with E-state index in [-0.39, 0.29) is 12.3 Å². The van der Waals surface area contributed by atoms with Gasteiger partial charge in [0.1, 0.15) is 0 Å². The van der Waals surface area contributed by atoms with E-state index in [4.69, 9.17) is 4.74 Å². The molecular weight excluding hydrogens is 378 g/mol. The number of thioether (sulfide) groups is 1. The van der Waals surface area contributed by atoms with Gasteiger partial charge in [-0.25, -0.2) is 0 Å². The lowest BCUT2D eigenvalue weighted by Gasteiger charge is -2.23. The Bertz CT molecular complexity index is 883. The van der Waals surface area contributed by atoms with Crippen molar-refractivity contribution in [2.75, 3.05) is 36.2 Å². The number of hydrogen-bond acceptors (Lipinski definition) is 6. The highest BCUT2D eigenvalue weighted by atomic mass is 32.2. The predicted octanol–water partition coefficient (Wildman–Crippen LogP) is 2.74. The number of anilines is 3. The highest BCUT2D eigenvalue weighted by molar-refractivity contribution is 8.01. The normalized spacial score (nSPS) is 15.2. The van der Waals surface area contributed by atoms with Crippen LogP contribution in [0, 0.1) is 0 Å². The Kier molecular flexibility index (Phi) is 6.20. The topological polar surface area (TPSA) is 87.7 Å². The maximum Gasteiger partial charge on any atom is 0.307 e. The average Bonchev–Trinajstić information content (AvgIpc) is 2.67. The predicted molar refractivity (Wildman–Crippen MR) is 110 cm³/mol. The van der Waals surface area contributed by atoms with Crippen LogP contribution in [-0.2, 0) is 19.1 Å². The molecule has 2 N–H and O–H groups in total. The van der Waals surface area contributed by atoms with Crippen molar-refractivity contribution in [3.05, 3.63) is 48.5 Å². The summed E-state index contributed by atoms with van der Waals surface area (Å²) in [6.07, 6.45) is -0.102. The van der Waals surface area contributed by atoms with Gasteiger partial charge in [0.25, 0.3) is 5.91 Å². The number of rotatable bonds is 6. The Morgan fingerprint density at radius 3 is 2.57 bits per heavy atom. The second-order valence-corrected chi connectivity index (χ2v) is 7.69. The van der Waals surface area contributed by atoms with Gasteiger partial charge in [0, 0.05) is 30.4 Å². The zero-order chi connectivity index (χ0) is 20.1. The van der Waals surface area contributed by atoms with Gasteiger partial charge in [0.05, 0.1) is 17.4 Å². The van der Waals surface area contributed by atoms with Crippen molar-refractivity contribution in [1.82, 2.24) is 0 Å². The minimum Gasteiger partial charge on any atom is -0.456 e. The molecule has 0 radical (unpaired) electrons. The Balaban J connectivity index is 1.46. The summed E-state index contributed by atoms with van der Waals surface area (Å²) < 4.78 is 5.02. The molecule has 146 valence electrons. The van der Waals surface area contributed by atoms with E-state index in [2.05, 4.69) is 10.6 Å². The van der Waals surface area contributed by atoms with Gasteiger partial charge < -0.3 is 20.3 Å². The molecule has 0 spiro atoms. The van der Waals surface area contributed by atoms with Gasteiger partial charge in [-0.1, -0.05) is 12.1 Å². The zero-order valence-electron chi connectivity index (χ0n) is 15.6. The van der Waals surface area contributed by atoms with Crippen LogP contribution < -0.4 is 15.5 Å². The monoisotopic (exact) mass is 399 g/mol. The Morgan fingerprint density at radius 1 is 1.14 bits per heavy atom. The summed E-state index contributed by atoms with van der Waals surface area (Å²) in [5, 5.41) is 4.87. The number of nitrogens with zero attached hydrogens (tertiary/aromatic N) is 1. The van der Waals surface area contributed by atoms with Crippen LogP contribution in [0.2, 0.25) is 0 Å². The number of amides is 2. The van der Waals surface area contributed by atoms with Crippen LogP contribution in [-0.4, -0.2) is 43.7 Å². The van der Waals surface area contributed by atoms with Crippen LogP contribution in [0.5, 0.6) is 0 Å². The average molecular weight is 399 g/mol. The van der Waals surface area contributed by atoms with E-state index in [1.54, 1.807) is 12.1 Å². The summed E-state index contributed by atoms with van der Waals surface area (Å²) >= 11 is 1.32. The molecule has 0 fully saturated rings. The molecular formula is C20H21N3O4S. The van der Waals surface area contributed by atoms with Gasteiger partial charge in [-0.3, -0.25) is 14.4 Å². The van der Waals surface area contributed by atoms with Crippen molar-refractivity contribution in [2.45, 2.75) is 16.6 Å². The maximum atomic E-state index is 12.1. The third kappa shape index (κ3) is 5.04. The summed E-state index contributed by atoms with van der Waals surface area (Å²) in [4.78, 5) is 39.0. The summed E-state index contributed by atoms with van der Waals surface area (Å²) in [6.45, 7) is -0.399. The molecule has 2 amide bonds. The fourth-order valence-electron chi connectivity index (χ4n) is 2.62. The van der Waals surface area contributed by atoms with Crippen molar-refractivity contribution in [1.29, 1.82) is 0 Å². The van der Waals surface area contributed by atoms with Crippen molar-refractivity contribution in [3.63, 3.8) is 0 Å². The highest BCUT2D eigenvalue weighted by Gasteiger charge is 2.29. The van der Waals surface area contributed by atoms with E-state index in [1.165, 1.54) is 11.8 Å². The molecule has 28 heavy (non-hydrogen) atoms. The van der Waals surface area contributed by atoms with Gasteiger partial charge in [-0.05, 0) is 36.4 Å². The molecule has 0 aliphatic carbocycles. The van der Waals surface area contributed by atoms with Crippen molar-refractivity contribution < 1.29 is 19.1 Å². The molecule has 1 aliphatic rings. The third-order valence-corrected chi connectivity index (χ3v) is 5.37. The molecule has 1 atom stereocenters. The lowest BCUT2D eigenvalue weighted by molar-refractivity contribution is -0.147. The molecule has 0 unspecified atom stereocenters. The summed E-state index contributed by atoms with van der Waals surface area (Å²) in [6, 6.07) is 14.7. The highest BCUT2D eigenvalue weighted by Crippen LogP contribution is 2.36. The van der Waals surface area contributed by atoms with Crippen molar-refractivity contribution in [3.8, 4) is 0 Å². The molecule has 1 heterocycles.